The van der Waals surface area contributed by atoms with Gasteiger partial charge in [0.1, 0.15) is 0 Å². The molecule has 0 unspecified atom stereocenters. The zero-order chi connectivity index (χ0) is 20.5. The predicted octanol–water partition coefficient (Wildman–Crippen LogP) is 3.53. The van der Waals surface area contributed by atoms with E-state index in [4.69, 9.17) is 11.6 Å². The van der Waals surface area contributed by atoms with Crippen molar-refractivity contribution >= 4 is 29.2 Å². The topological polar surface area (TPSA) is 83.4 Å². The van der Waals surface area contributed by atoms with E-state index in [0.717, 1.165) is 5.56 Å². The molecule has 2 aromatic carbocycles. The van der Waals surface area contributed by atoms with Crippen LogP contribution < -0.4 is 10.5 Å². The number of aromatic nitrogens is 4. The summed E-state index contributed by atoms with van der Waals surface area (Å²) in [5.74, 6) is 0.151. The Hall–Kier alpha value is -3.45. The zero-order valence-electron chi connectivity index (χ0n) is 15.9. The van der Waals surface area contributed by atoms with Gasteiger partial charge in [-0.15, -0.1) is 0 Å². The molecule has 0 aliphatic heterocycles. The lowest BCUT2D eigenvalue weighted by molar-refractivity contribution is 0.0983. The van der Waals surface area contributed by atoms with E-state index in [-0.39, 0.29) is 29.7 Å². The predicted molar refractivity (Wildman–Crippen MR) is 111 cm³/mol. The second-order valence-electron chi connectivity index (χ2n) is 6.66. The monoisotopic (exact) mass is 407 g/mol. The standard InChI is InChI=1S/C21H18ClN5O2/c1-13-14(2)23-20-24-21(25-27(20)18(13)28)26(12-16-10-6-7-11-17(16)22)19(29)15-8-4-3-5-9-15/h3-11H,12H2,1-2H3,(H,23,24,25). The lowest BCUT2D eigenvalue weighted by Crippen LogP contribution is -2.31. The number of rotatable bonds is 4. The Morgan fingerprint density at radius 2 is 1.76 bits per heavy atom. The van der Waals surface area contributed by atoms with E-state index in [1.807, 2.05) is 24.3 Å². The normalized spacial score (nSPS) is 11.0. The molecule has 0 aliphatic carbocycles. The van der Waals surface area contributed by atoms with Crippen molar-refractivity contribution in [3.8, 4) is 0 Å². The van der Waals surface area contributed by atoms with Crippen molar-refractivity contribution in [1.29, 1.82) is 0 Å². The highest BCUT2D eigenvalue weighted by molar-refractivity contribution is 6.31. The molecule has 7 nitrogen and oxygen atoms in total. The van der Waals surface area contributed by atoms with Gasteiger partial charge in [-0.05, 0) is 37.6 Å². The first-order valence-corrected chi connectivity index (χ1v) is 9.40. The molecule has 0 fully saturated rings. The van der Waals surface area contributed by atoms with Crippen LogP contribution in [0.15, 0.2) is 59.4 Å². The van der Waals surface area contributed by atoms with Crippen LogP contribution in [0.3, 0.4) is 0 Å². The minimum Gasteiger partial charge on any atom is -0.272 e. The Labute approximate surface area is 171 Å². The molecule has 4 rings (SSSR count). The van der Waals surface area contributed by atoms with Gasteiger partial charge in [-0.3, -0.25) is 19.6 Å². The maximum absolute atomic E-state index is 13.3. The number of nitrogens with zero attached hydrogens (tertiary/aromatic N) is 4. The zero-order valence-corrected chi connectivity index (χ0v) is 16.6. The fourth-order valence-corrected chi connectivity index (χ4v) is 3.19. The molecular formula is C21H18ClN5O2. The summed E-state index contributed by atoms with van der Waals surface area (Å²) in [7, 11) is 0. The highest BCUT2D eigenvalue weighted by atomic mass is 35.5. The first kappa shape index (κ1) is 18.9. The summed E-state index contributed by atoms with van der Waals surface area (Å²) in [4.78, 5) is 36.0. The van der Waals surface area contributed by atoms with Crippen LogP contribution in [-0.2, 0) is 6.54 Å². The van der Waals surface area contributed by atoms with Crippen LogP contribution in [0.25, 0.3) is 5.78 Å². The molecule has 29 heavy (non-hydrogen) atoms. The summed E-state index contributed by atoms with van der Waals surface area (Å²) in [6.45, 7) is 3.63. The second-order valence-corrected chi connectivity index (χ2v) is 7.07. The van der Waals surface area contributed by atoms with Gasteiger partial charge in [0.05, 0.1) is 6.54 Å². The lowest BCUT2D eigenvalue weighted by Gasteiger charge is -2.20. The molecule has 0 radical (unpaired) electrons. The van der Waals surface area contributed by atoms with E-state index >= 15 is 0 Å². The van der Waals surface area contributed by atoms with Crippen molar-refractivity contribution in [3.05, 3.63) is 92.4 Å². The number of anilines is 1. The number of carbonyl (C=O) groups is 1. The second kappa shape index (κ2) is 7.52. The first-order valence-electron chi connectivity index (χ1n) is 9.02. The van der Waals surface area contributed by atoms with Crippen LogP contribution >= 0.6 is 11.6 Å². The van der Waals surface area contributed by atoms with Crippen molar-refractivity contribution in [3.63, 3.8) is 0 Å². The summed E-state index contributed by atoms with van der Waals surface area (Å²) in [6, 6.07) is 16.2. The van der Waals surface area contributed by atoms with Gasteiger partial charge >= 0.3 is 0 Å². The van der Waals surface area contributed by atoms with Crippen molar-refractivity contribution in [2.75, 3.05) is 4.90 Å². The summed E-state index contributed by atoms with van der Waals surface area (Å²) in [6.07, 6.45) is 0. The van der Waals surface area contributed by atoms with Gasteiger partial charge in [0, 0.05) is 21.8 Å². The number of amides is 1. The van der Waals surface area contributed by atoms with E-state index in [1.54, 1.807) is 44.2 Å². The van der Waals surface area contributed by atoms with Crippen LogP contribution in [0.1, 0.15) is 27.2 Å². The number of aromatic amines is 1. The molecule has 0 spiro atoms. The molecule has 0 saturated heterocycles. The van der Waals surface area contributed by atoms with Gasteiger partial charge in [-0.25, -0.2) is 4.98 Å². The third-order valence-corrected chi connectivity index (χ3v) is 5.13. The minimum atomic E-state index is -0.272. The Morgan fingerprint density at radius 1 is 1.07 bits per heavy atom. The first-order chi connectivity index (χ1) is 14.0. The number of benzene rings is 2. The van der Waals surface area contributed by atoms with Crippen LogP contribution in [0.2, 0.25) is 5.02 Å². The fraction of sp³-hybridized carbons (Fsp3) is 0.143. The van der Waals surface area contributed by atoms with Crippen LogP contribution in [0, 0.1) is 13.8 Å². The molecule has 1 amide bonds. The average molecular weight is 408 g/mol. The molecule has 0 atom stereocenters. The van der Waals surface area contributed by atoms with Crippen molar-refractivity contribution in [1.82, 2.24) is 19.6 Å². The molecule has 146 valence electrons. The van der Waals surface area contributed by atoms with E-state index in [1.165, 1.54) is 9.42 Å². The smallest absolute Gasteiger partial charge is 0.272 e. The van der Waals surface area contributed by atoms with Crippen molar-refractivity contribution < 1.29 is 4.79 Å². The summed E-state index contributed by atoms with van der Waals surface area (Å²) < 4.78 is 1.25. The van der Waals surface area contributed by atoms with Gasteiger partial charge in [0.2, 0.25) is 5.95 Å². The Kier molecular flexibility index (Phi) is 4.90. The fourth-order valence-electron chi connectivity index (χ4n) is 2.99. The largest absolute Gasteiger partial charge is 0.277 e. The maximum atomic E-state index is 13.3. The summed E-state index contributed by atoms with van der Waals surface area (Å²) >= 11 is 6.32. The molecule has 8 heteroatoms. The summed E-state index contributed by atoms with van der Waals surface area (Å²) in [5.41, 5.74) is 2.11. The number of H-pyrrole nitrogens is 1. The highest BCUT2D eigenvalue weighted by Gasteiger charge is 2.23. The highest BCUT2D eigenvalue weighted by Crippen LogP contribution is 2.22. The quantitative estimate of drug-likeness (QED) is 0.561. The van der Waals surface area contributed by atoms with Crippen molar-refractivity contribution in [2.24, 2.45) is 0 Å². The van der Waals surface area contributed by atoms with E-state index in [0.29, 0.717) is 21.8 Å². The van der Waals surface area contributed by atoms with Gasteiger partial charge in [-0.1, -0.05) is 48.0 Å². The molecule has 0 saturated carbocycles. The van der Waals surface area contributed by atoms with Crippen molar-refractivity contribution in [2.45, 2.75) is 20.4 Å². The lowest BCUT2D eigenvalue weighted by atomic mass is 10.1. The average Bonchev–Trinajstić information content (AvgIpc) is 3.15. The molecule has 0 bridgehead atoms. The number of hydrogen-bond donors (Lipinski definition) is 1. The minimum absolute atomic E-state index is 0.180. The Bertz CT molecular complexity index is 1260. The summed E-state index contributed by atoms with van der Waals surface area (Å²) in [5, 5.41) is 3.45. The molecule has 4 aromatic rings. The van der Waals surface area contributed by atoms with Gasteiger partial charge in [0.15, 0.2) is 0 Å². The van der Waals surface area contributed by atoms with Crippen LogP contribution in [0.5, 0.6) is 0 Å². The number of aryl methyl sites for hydroxylation is 1. The molecule has 1 N–H and O–H groups in total. The SMILES string of the molecule is Cc1nc2nc(N(Cc3ccccc3Cl)C(=O)c3ccccc3)[nH]n2c(=O)c1C. The van der Waals surface area contributed by atoms with Crippen LogP contribution in [0.4, 0.5) is 5.95 Å². The van der Waals surface area contributed by atoms with Gasteiger partial charge in [-0.2, -0.15) is 9.50 Å². The van der Waals surface area contributed by atoms with Gasteiger partial charge < -0.3 is 0 Å². The third-order valence-electron chi connectivity index (χ3n) is 4.76. The number of hydrogen-bond acceptors (Lipinski definition) is 4. The Balaban J connectivity index is 1.85. The molecular weight excluding hydrogens is 390 g/mol. The number of nitrogens with one attached hydrogen (secondary N) is 1. The molecule has 0 aliphatic rings. The van der Waals surface area contributed by atoms with E-state index in [9.17, 15) is 9.59 Å². The maximum Gasteiger partial charge on any atom is 0.277 e. The van der Waals surface area contributed by atoms with E-state index in [2.05, 4.69) is 15.1 Å². The molecule has 2 heterocycles. The van der Waals surface area contributed by atoms with E-state index < -0.39 is 0 Å². The number of fused-ring (bicyclic) bond motifs is 1. The third kappa shape index (κ3) is 3.52. The van der Waals surface area contributed by atoms with Crippen LogP contribution in [-0.4, -0.2) is 25.5 Å². The Morgan fingerprint density at radius 3 is 2.48 bits per heavy atom. The number of carbonyl (C=O) groups excluding carboxylic acids is 1. The molecule has 2 aromatic heterocycles. The number of halogens is 1. The van der Waals surface area contributed by atoms with Gasteiger partial charge in [0.25, 0.3) is 17.2 Å².